The van der Waals surface area contributed by atoms with Crippen LogP contribution in [0.4, 0.5) is 4.79 Å². The number of furan rings is 1. The zero-order chi connectivity index (χ0) is 25.4. The van der Waals surface area contributed by atoms with E-state index in [4.69, 9.17) is 9.52 Å². The predicted octanol–water partition coefficient (Wildman–Crippen LogP) is 5.94. The molecule has 1 N–H and O–H groups in total. The lowest BCUT2D eigenvalue weighted by Crippen LogP contribution is -2.41. The van der Waals surface area contributed by atoms with Crippen LogP contribution in [0.2, 0.25) is 0 Å². The number of nitrogens with one attached hydrogen (secondary N) is 1. The molecule has 4 heterocycles. The number of urea groups is 1. The lowest BCUT2D eigenvalue weighted by molar-refractivity contribution is 0.179. The minimum atomic E-state index is -0.284. The molecule has 0 spiro atoms. The second kappa shape index (κ2) is 9.50. The van der Waals surface area contributed by atoms with Crippen LogP contribution < -0.4 is 5.32 Å². The zero-order valence-corrected chi connectivity index (χ0v) is 21.0. The van der Waals surface area contributed by atoms with Gasteiger partial charge < -0.3 is 19.2 Å². The predicted molar refractivity (Wildman–Crippen MR) is 142 cm³/mol. The average Bonchev–Trinajstić information content (AvgIpc) is 3.67. The molecule has 0 bridgehead atoms. The maximum Gasteiger partial charge on any atom is 0.318 e. The first-order chi connectivity index (χ1) is 18.1. The lowest BCUT2D eigenvalue weighted by atomic mass is 10.00. The van der Waals surface area contributed by atoms with Crippen LogP contribution in [0.1, 0.15) is 46.8 Å². The average molecular weight is 492 g/mol. The SMILES string of the molecule is CCc1ccc([C@@H]2c3cccn3-c3c(c(C)nn3-c3ccccc3)CN2C(=O)NCc2ccco2)cc1. The van der Waals surface area contributed by atoms with E-state index >= 15 is 0 Å². The second-order valence-corrected chi connectivity index (χ2v) is 9.30. The number of carbonyl (C=O) groups is 1. The molecule has 7 nitrogen and oxygen atoms in total. The van der Waals surface area contributed by atoms with E-state index in [1.807, 2.05) is 52.9 Å². The van der Waals surface area contributed by atoms with Crippen LogP contribution in [0.25, 0.3) is 11.5 Å². The number of fused-ring (bicyclic) bond motifs is 3. The fourth-order valence-electron chi connectivity index (χ4n) is 5.11. The van der Waals surface area contributed by atoms with Crippen LogP contribution in [0.3, 0.4) is 0 Å². The topological polar surface area (TPSA) is 68.2 Å². The Kier molecular flexibility index (Phi) is 5.88. The number of amides is 2. The van der Waals surface area contributed by atoms with Gasteiger partial charge in [-0.15, -0.1) is 0 Å². The third kappa shape index (κ3) is 4.12. The molecule has 1 aliphatic heterocycles. The summed E-state index contributed by atoms with van der Waals surface area (Å²) in [5.74, 6) is 1.67. The van der Waals surface area contributed by atoms with Crippen molar-refractivity contribution >= 4 is 6.03 Å². The van der Waals surface area contributed by atoms with Gasteiger partial charge in [-0.3, -0.25) is 0 Å². The summed E-state index contributed by atoms with van der Waals surface area (Å²) in [4.78, 5) is 15.7. The highest BCUT2D eigenvalue weighted by molar-refractivity contribution is 5.76. The van der Waals surface area contributed by atoms with Gasteiger partial charge in [0.05, 0.1) is 42.5 Å². The monoisotopic (exact) mass is 491 g/mol. The highest BCUT2D eigenvalue weighted by Gasteiger charge is 2.35. The van der Waals surface area contributed by atoms with Crippen LogP contribution >= 0.6 is 0 Å². The highest BCUT2D eigenvalue weighted by atomic mass is 16.3. The Labute approximate surface area is 216 Å². The van der Waals surface area contributed by atoms with Gasteiger partial charge in [0.1, 0.15) is 11.6 Å². The quantitative estimate of drug-likeness (QED) is 0.331. The standard InChI is InChI=1S/C30H29N5O2/c1-3-22-13-15-23(16-14-22)28-27-12-7-17-33(27)29-26(21(2)32-35(29)24-9-5-4-6-10-24)20-34(28)30(36)31-19-25-11-8-18-37-25/h4-18,28H,3,19-20H2,1-2H3,(H,31,36)/t28-/m1/s1. The van der Waals surface area contributed by atoms with Gasteiger partial charge >= 0.3 is 6.03 Å². The third-order valence-electron chi connectivity index (χ3n) is 7.05. The maximum absolute atomic E-state index is 13.8. The molecule has 186 valence electrons. The first-order valence-electron chi connectivity index (χ1n) is 12.6. The van der Waals surface area contributed by atoms with Gasteiger partial charge in [0, 0.05) is 11.8 Å². The number of para-hydroxylation sites is 1. The van der Waals surface area contributed by atoms with E-state index in [2.05, 4.69) is 65.5 Å². The van der Waals surface area contributed by atoms with Crippen molar-refractivity contribution in [2.75, 3.05) is 0 Å². The minimum absolute atomic E-state index is 0.159. The maximum atomic E-state index is 13.8. The smallest absolute Gasteiger partial charge is 0.318 e. The summed E-state index contributed by atoms with van der Waals surface area (Å²) < 4.78 is 9.62. The number of carbonyl (C=O) groups excluding carboxylic acids is 1. The first kappa shape index (κ1) is 22.9. The summed E-state index contributed by atoms with van der Waals surface area (Å²) in [6.45, 7) is 4.89. The Morgan fingerprint density at radius 3 is 2.57 bits per heavy atom. The molecule has 2 amide bonds. The van der Waals surface area contributed by atoms with E-state index in [-0.39, 0.29) is 12.1 Å². The van der Waals surface area contributed by atoms with E-state index in [0.717, 1.165) is 40.4 Å². The van der Waals surface area contributed by atoms with Gasteiger partial charge in [-0.25, -0.2) is 9.48 Å². The number of hydrogen-bond acceptors (Lipinski definition) is 3. The van der Waals surface area contributed by atoms with Crippen molar-refractivity contribution in [1.29, 1.82) is 0 Å². The van der Waals surface area contributed by atoms with Crippen molar-refractivity contribution in [2.45, 2.75) is 39.4 Å². The van der Waals surface area contributed by atoms with Gasteiger partial charge in [-0.2, -0.15) is 5.10 Å². The Bertz CT molecular complexity index is 1510. The molecule has 1 aliphatic rings. The normalized spacial score (nSPS) is 14.6. The molecule has 0 saturated heterocycles. The summed E-state index contributed by atoms with van der Waals surface area (Å²) >= 11 is 0. The first-order valence-corrected chi connectivity index (χ1v) is 12.6. The summed E-state index contributed by atoms with van der Waals surface area (Å²) in [6, 6.07) is 26.1. The summed E-state index contributed by atoms with van der Waals surface area (Å²) in [6.07, 6.45) is 4.64. The fourth-order valence-corrected chi connectivity index (χ4v) is 5.11. The molecule has 0 fully saturated rings. The van der Waals surface area contributed by atoms with E-state index in [9.17, 15) is 4.79 Å². The fraction of sp³-hybridized carbons (Fsp3) is 0.200. The van der Waals surface area contributed by atoms with Gasteiger partial charge in [0.2, 0.25) is 0 Å². The van der Waals surface area contributed by atoms with Gasteiger partial charge in [0.15, 0.2) is 0 Å². The van der Waals surface area contributed by atoms with E-state index in [0.29, 0.717) is 18.8 Å². The molecule has 0 saturated carbocycles. The van der Waals surface area contributed by atoms with Crippen LogP contribution in [0, 0.1) is 6.92 Å². The molecule has 7 heteroatoms. The summed E-state index contributed by atoms with van der Waals surface area (Å²) in [5, 5.41) is 7.98. The largest absolute Gasteiger partial charge is 0.467 e. The number of nitrogens with zero attached hydrogens (tertiary/aromatic N) is 4. The lowest BCUT2D eigenvalue weighted by Gasteiger charge is -2.31. The minimum Gasteiger partial charge on any atom is -0.467 e. The molecule has 1 atom stereocenters. The molecular weight excluding hydrogens is 462 g/mol. The van der Waals surface area contributed by atoms with Gasteiger partial charge in [-0.05, 0) is 60.9 Å². The van der Waals surface area contributed by atoms with Crippen molar-refractivity contribution < 1.29 is 9.21 Å². The second-order valence-electron chi connectivity index (χ2n) is 9.30. The van der Waals surface area contributed by atoms with Crippen molar-refractivity contribution in [3.05, 3.63) is 125 Å². The van der Waals surface area contributed by atoms with Crippen LogP contribution in [-0.4, -0.2) is 25.3 Å². The van der Waals surface area contributed by atoms with Crippen LogP contribution in [0.15, 0.2) is 95.7 Å². The van der Waals surface area contributed by atoms with Crippen molar-refractivity contribution in [3.8, 4) is 11.5 Å². The number of aromatic nitrogens is 3. The molecular formula is C30H29N5O2. The summed E-state index contributed by atoms with van der Waals surface area (Å²) in [7, 11) is 0. The molecule has 5 aromatic rings. The van der Waals surface area contributed by atoms with Crippen LogP contribution in [0.5, 0.6) is 0 Å². The van der Waals surface area contributed by atoms with E-state index in [1.165, 1.54) is 5.56 Å². The van der Waals surface area contributed by atoms with E-state index in [1.54, 1.807) is 6.26 Å². The zero-order valence-electron chi connectivity index (χ0n) is 21.0. The van der Waals surface area contributed by atoms with Crippen molar-refractivity contribution in [3.63, 3.8) is 0 Å². The Hall–Kier alpha value is -4.52. The number of benzene rings is 2. The van der Waals surface area contributed by atoms with Crippen LogP contribution in [-0.2, 0) is 19.5 Å². The Morgan fingerprint density at radius 2 is 1.84 bits per heavy atom. The highest BCUT2D eigenvalue weighted by Crippen LogP contribution is 2.38. The Balaban J connectivity index is 1.49. The Morgan fingerprint density at radius 1 is 1.03 bits per heavy atom. The van der Waals surface area contributed by atoms with Crippen molar-refractivity contribution in [1.82, 2.24) is 24.6 Å². The number of hydrogen-bond donors (Lipinski definition) is 1. The number of aryl methyl sites for hydroxylation is 2. The molecule has 6 rings (SSSR count). The molecule has 0 radical (unpaired) electrons. The van der Waals surface area contributed by atoms with E-state index < -0.39 is 0 Å². The number of rotatable bonds is 5. The molecule has 2 aromatic carbocycles. The van der Waals surface area contributed by atoms with Crippen molar-refractivity contribution in [2.24, 2.45) is 0 Å². The molecule has 3 aromatic heterocycles. The molecule has 0 unspecified atom stereocenters. The summed E-state index contributed by atoms with van der Waals surface area (Å²) in [5.41, 5.74) is 6.22. The third-order valence-corrected chi connectivity index (χ3v) is 7.05. The van der Waals surface area contributed by atoms with Gasteiger partial charge in [-0.1, -0.05) is 49.4 Å². The molecule has 37 heavy (non-hydrogen) atoms. The molecule has 0 aliphatic carbocycles. The van der Waals surface area contributed by atoms with Gasteiger partial charge in [0.25, 0.3) is 0 Å².